The molecule has 0 rings (SSSR count). The lowest BCUT2D eigenvalue weighted by Crippen LogP contribution is -2.47. The summed E-state index contributed by atoms with van der Waals surface area (Å²) in [5, 5.41) is 0. The Morgan fingerprint density at radius 1 is 1.36 bits per heavy atom. The van der Waals surface area contributed by atoms with Crippen LogP contribution in [0.15, 0.2) is 0 Å². The van der Waals surface area contributed by atoms with Crippen molar-refractivity contribution in [1.29, 1.82) is 0 Å². The van der Waals surface area contributed by atoms with E-state index in [4.69, 9.17) is 8.85 Å². The highest BCUT2D eigenvalue weighted by Crippen LogP contribution is 2.06. The monoisotopic (exact) mass is 179 g/mol. The summed E-state index contributed by atoms with van der Waals surface area (Å²) in [5.74, 6) is 0. The van der Waals surface area contributed by atoms with Gasteiger partial charge in [0.05, 0.1) is 0 Å². The fraction of sp³-hybridized carbons (Fsp3) is 0.800. The molecule has 6 heteroatoms. The second-order valence-corrected chi connectivity index (χ2v) is 5.06. The van der Waals surface area contributed by atoms with Gasteiger partial charge in [-0.15, -0.1) is 0 Å². The number of carbonyl (C=O) groups excluding carboxylic acids is 1. The molecule has 0 saturated carbocycles. The third-order valence-electron chi connectivity index (χ3n) is 1.34. The number of carbonyl (C=O) groups is 1. The van der Waals surface area contributed by atoms with E-state index in [1.165, 1.54) is 21.3 Å². The van der Waals surface area contributed by atoms with Crippen LogP contribution in [0.25, 0.3) is 0 Å². The third-order valence-corrected chi connectivity index (χ3v) is 3.75. The van der Waals surface area contributed by atoms with Crippen LogP contribution in [0.2, 0.25) is 6.55 Å². The van der Waals surface area contributed by atoms with Crippen LogP contribution < -0.4 is 5.48 Å². The molecule has 0 heterocycles. The molecule has 0 saturated heterocycles. The average molecular weight is 179 g/mol. The first kappa shape index (κ1) is 10.6. The smallest absolute Gasteiger partial charge is 0.390 e. The van der Waals surface area contributed by atoms with Crippen LogP contribution in [0, 0.1) is 0 Å². The zero-order valence-corrected chi connectivity index (χ0v) is 8.13. The van der Waals surface area contributed by atoms with E-state index >= 15 is 0 Å². The van der Waals surface area contributed by atoms with Crippen molar-refractivity contribution in [1.82, 2.24) is 5.48 Å². The normalized spacial score (nSPS) is 11.3. The van der Waals surface area contributed by atoms with Gasteiger partial charge in [-0.25, -0.2) is 0 Å². The van der Waals surface area contributed by atoms with Crippen LogP contribution >= 0.6 is 0 Å². The number of rotatable bonds is 4. The molecule has 0 radical (unpaired) electrons. The van der Waals surface area contributed by atoms with Gasteiger partial charge in [0.2, 0.25) is 0 Å². The van der Waals surface area contributed by atoms with Crippen molar-refractivity contribution >= 4 is 14.2 Å². The van der Waals surface area contributed by atoms with Crippen LogP contribution in [0.3, 0.4) is 0 Å². The first-order valence-corrected chi connectivity index (χ1v) is 5.40. The SMILES string of the molecule is CNOC(=O)[Si](C)(OC)OC. The third kappa shape index (κ3) is 2.58. The van der Waals surface area contributed by atoms with E-state index in [0.29, 0.717) is 0 Å². The van der Waals surface area contributed by atoms with Gasteiger partial charge in [-0.2, -0.15) is 5.48 Å². The molecule has 0 aromatic carbocycles. The van der Waals surface area contributed by atoms with Crippen LogP contribution in [-0.2, 0) is 13.7 Å². The minimum Gasteiger partial charge on any atom is -0.390 e. The largest absolute Gasteiger partial charge is 0.461 e. The molecule has 0 aromatic heterocycles. The number of nitrogens with one attached hydrogen (secondary N) is 1. The summed E-state index contributed by atoms with van der Waals surface area (Å²) in [6.07, 6.45) is 0. The molecule has 5 nitrogen and oxygen atoms in total. The zero-order chi connectivity index (χ0) is 8.91. The summed E-state index contributed by atoms with van der Waals surface area (Å²) in [4.78, 5) is 15.6. The van der Waals surface area contributed by atoms with E-state index < -0.39 is 14.2 Å². The Labute approximate surface area is 66.8 Å². The predicted molar refractivity (Wildman–Crippen MR) is 41.2 cm³/mol. The van der Waals surface area contributed by atoms with E-state index in [1.54, 1.807) is 6.55 Å². The molecular formula is C5H13NO4Si. The molecule has 0 amide bonds. The Morgan fingerprint density at radius 2 is 1.82 bits per heavy atom. The van der Waals surface area contributed by atoms with Crippen molar-refractivity contribution in [3.05, 3.63) is 0 Å². The Bertz CT molecular complexity index is 136. The molecule has 66 valence electrons. The lowest BCUT2D eigenvalue weighted by molar-refractivity contribution is 0.108. The highest BCUT2D eigenvalue weighted by atomic mass is 28.4. The molecule has 0 atom stereocenters. The van der Waals surface area contributed by atoms with Gasteiger partial charge in [-0.1, -0.05) is 0 Å². The van der Waals surface area contributed by atoms with Crippen LogP contribution in [0.4, 0.5) is 4.79 Å². The molecular weight excluding hydrogens is 166 g/mol. The molecule has 0 unspecified atom stereocenters. The summed E-state index contributed by atoms with van der Waals surface area (Å²) in [5.41, 5.74) is 1.79. The quantitative estimate of drug-likeness (QED) is 0.493. The molecule has 0 aliphatic carbocycles. The van der Waals surface area contributed by atoms with Crippen molar-refractivity contribution in [3.8, 4) is 0 Å². The van der Waals surface area contributed by atoms with Crippen LogP contribution in [0.1, 0.15) is 0 Å². The minimum absolute atomic E-state index is 0.481. The average Bonchev–Trinajstić information content (AvgIpc) is 2.03. The number of hydrogen-bond acceptors (Lipinski definition) is 5. The van der Waals surface area contributed by atoms with Crippen LogP contribution in [0.5, 0.6) is 0 Å². The summed E-state index contributed by atoms with van der Waals surface area (Å²) in [7, 11) is 1.60. The zero-order valence-electron chi connectivity index (χ0n) is 7.13. The predicted octanol–water partition coefficient (Wildman–Crippen LogP) is 0.204. The highest BCUT2D eigenvalue weighted by Gasteiger charge is 2.41. The minimum atomic E-state index is -2.75. The van der Waals surface area contributed by atoms with Gasteiger partial charge in [0.25, 0.3) is 0 Å². The summed E-state index contributed by atoms with van der Waals surface area (Å²) in [6.45, 7) is 1.60. The first-order valence-electron chi connectivity index (χ1n) is 3.09. The van der Waals surface area contributed by atoms with Crippen molar-refractivity contribution in [2.24, 2.45) is 0 Å². The second-order valence-electron chi connectivity index (χ2n) is 1.95. The summed E-state index contributed by atoms with van der Waals surface area (Å²) < 4.78 is 9.81. The maximum atomic E-state index is 11.1. The van der Waals surface area contributed by atoms with Gasteiger partial charge in [-0.3, -0.25) is 4.79 Å². The topological polar surface area (TPSA) is 56.8 Å². The number of hydroxylamine groups is 1. The Kier molecular flexibility index (Phi) is 4.27. The molecule has 0 bridgehead atoms. The van der Waals surface area contributed by atoms with Gasteiger partial charge in [0.15, 0.2) is 0 Å². The Morgan fingerprint density at radius 3 is 2.09 bits per heavy atom. The standard InChI is InChI=1S/C5H13NO4Si/c1-6-10-5(7)11(4,8-2)9-3/h6H,1-4H3. The lowest BCUT2D eigenvalue weighted by Gasteiger charge is -2.18. The molecule has 0 spiro atoms. The van der Waals surface area contributed by atoms with E-state index in [2.05, 4.69) is 10.3 Å². The maximum absolute atomic E-state index is 11.1. The molecule has 11 heavy (non-hydrogen) atoms. The van der Waals surface area contributed by atoms with E-state index in [0.717, 1.165) is 0 Å². The maximum Gasteiger partial charge on any atom is 0.461 e. The van der Waals surface area contributed by atoms with Crippen molar-refractivity contribution in [2.75, 3.05) is 21.3 Å². The van der Waals surface area contributed by atoms with Crippen molar-refractivity contribution in [2.45, 2.75) is 6.55 Å². The molecule has 1 N–H and O–H groups in total. The van der Waals surface area contributed by atoms with Crippen molar-refractivity contribution < 1.29 is 18.5 Å². The van der Waals surface area contributed by atoms with E-state index in [9.17, 15) is 4.79 Å². The van der Waals surface area contributed by atoms with Gasteiger partial charge >= 0.3 is 14.2 Å². The lowest BCUT2D eigenvalue weighted by atomic mass is 11.5. The molecule has 0 aliphatic rings. The molecule has 0 aliphatic heterocycles. The van der Waals surface area contributed by atoms with Gasteiger partial charge < -0.3 is 13.7 Å². The fourth-order valence-corrected chi connectivity index (χ4v) is 1.22. The molecule has 0 fully saturated rings. The number of hydrogen-bond donors (Lipinski definition) is 1. The van der Waals surface area contributed by atoms with E-state index in [1.807, 2.05) is 0 Å². The summed E-state index contributed by atoms with van der Waals surface area (Å²) >= 11 is 0. The van der Waals surface area contributed by atoms with Gasteiger partial charge in [0, 0.05) is 21.3 Å². The van der Waals surface area contributed by atoms with Crippen molar-refractivity contribution in [3.63, 3.8) is 0 Å². The fourth-order valence-electron chi connectivity index (χ4n) is 0.435. The first-order chi connectivity index (χ1) is 5.10. The highest BCUT2D eigenvalue weighted by molar-refractivity contribution is 6.94. The summed E-state index contributed by atoms with van der Waals surface area (Å²) in [6, 6.07) is 0. The van der Waals surface area contributed by atoms with Gasteiger partial charge in [0.1, 0.15) is 0 Å². The van der Waals surface area contributed by atoms with Gasteiger partial charge in [-0.05, 0) is 6.55 Å². The molecule has 0 aromatic rings. The second kappa shape index (κ2) is 4.45. The Balaban J connectivity index is 4.12. The Hall–Kier alpha value is -0.433. The van der Waals surface area contributed by atoms with Crippen LogP contribution in [-0.4, -0.2) is 35.4 Å². The van der Waals surface area contributed by atoms with E-state index in [-0.39, 0.29) is 0 Å².